The normalized spacial score (nSPS) is 12.3. The molecule has 1 N–H and O–H groups in total. The molecule has 2 aromatic carbocycles. The Balaban J connectivity index is 0.000000431. The summed E-state index contributed by atoms with van der Waals surface area (Å²) in [7, 11) is -0.625. The maximum absolute atomic E-state index is 9.08. The van der Waals surface area contributed by atoms with Gasteiger partial charge in [-0.25, -0.2) is 13.4 Å². The molecule has 1 aromatic heterocycles. The fraction of sp³-hybridized carbons (Fsp3) is 0.250. The van der Waals surface area contributed by atoms with E-state index in [1.807, 2.05) is 36.7 Å². The Labute approximate surface area is 168 Å². The van der Waals surface area contributed by atoms with Gasteiger partial charge >= 0.3 is 0 Å². The summed E-state index contributed by atoms with van der Waals surface area (Å²) in [4.78, 5) is 3.21. The lowest BCUT2D eigenvalue weighted by atomic mass is 10.00. The second kappa shape index (κ2) is 8.54. The first-order valence-electron chi connectivity index (χ1n) is 8.62. The van der Waals surface area contributed by atoms with Crippen molar-refractivity contribution in [3.63, 3.8) is 0 Å². The van der Waals surface area contributed by atoms with Crippen LogP contribution in [0.1, 0.15) is 11.1 Å². The van der Waals surface area contributed by atoms with Crippen molar-refractivity contribution in [2.24, 2.45) is 0 Å². The lowest BCUT2D eigenvalue weighted by molar-refractivity contribution is -0.376. The molecule has 0 spiro atoms. The van der Waals surface area contributed by atoms with Crippen LogP contribution in [-0.4, -0.2) is 40.2 Å². The van der Waals surface area contributed by atoms with Crippen LogP contribution in [0.15, 0.2) is 42.7 Å². The van der Waals surface area contributed by atoms with E-state index in [0.29, 0.717) is 6.26 Å². The van der Waals surface area contributed by atoms with Crippen LogP contribution in [0.25, 0.3) is 10.8 Å². The summed E-state index contributed by atoms with van der Waals surface area (Å²) < 4.78 is 48.9. The minimum Gasteiger partial charge on any atom is -0.748 e. The van der Waals surface area contributed by atoms with Crippen LogP contribution >= 0.6 is 0 Å². The zero-order chi connectivity index (χ0) is 21.0. The monoisotopic (exact) mass is 419 g/mol. The summed E-state index contributed by atoms with van der Waals surface area (Å²) in [5, 5.41) is 2.20. The standard InChI is InChI=1S/C19H17NO4.CH4O3S/c1-21-17-7-14-10-20-9-13(15(14)8-18(17)22-2)5-12-3-4-16-19(6-12)24-11-23-16;1-5(2,3)4/h3-4,6-10H,5,11H2,1-2H3;1H3,(H,2,3,4). The van der Waals surface area contributed by atoms with E-state index in [9.17, 15) is 0 Å². The number of rotatable bonds is 4. The predicted octanol–water partition coefficient (Wildman–Crippen LogP) is 2.15. The Morgan fingerprint density at radius 1 is 1.03 bits per heavy atom. The topological polar surface area (TPSA) is 108 Å². The fourth-order valence-electron chi connectivity index (χ4n) is 3.02. The van der Waals surface area contributed by atoms with E-state index in [0.717, 1.165) is 45.8 Å². The van der Waals surface area contributed by atoms with Crippen LogP contribution in [0.5, 0.6) is 23.0 Å². The van der Waals surface area contributed by atoms with Gasteiger partial charge in [0.1, 0.15) is 0 Å². The lowest BCUT2D eigenvalue weighted by Crippen LogP contribution is -2.04. The number of nitrogens with one attached hydrogen (secondary N) is 1. The van der Waals surface area contributed by atoms with E-state index in [-0.39, 0.29) is 6.79 Å². The first-order valence-corrected chi connectivity index (χ1v) is 10.4. The second-order valence-corrected chi connectivity index (χ2v) is 7.75. The van der Waals surface area contributed by atoms with E-state index < -0.39 is 10.1 Å². The molecule has 29 heavy (non-hydrogen) atoms. The Morgan fingerprint density at radius 3 is 2.38 bits per heavy atom. The SMILES string of the molecule is COc1cc2c[nH+]cc(Cc3ccc4c(c3)OCO4)c2cc1OC.CS(=O)(=O)[O-]. The van der Waals surface area contributed by atoms with Gasteiger partial charge in [-0.1, -0.05) is 6.07 Å². The van der Waals surface area contributed by atoms with Crippen molar-refractivity contribution in [2.45, 2.75) is 6.42 Å². The molecule has 4 rings (SSSR count). The molecule has 2 heterocycles. The minimum atomic E-state index is -3.92. The highest BCUT2D eigenvalue weighted by molar-refractivity contribution is 7.84. The number of pyridine rings is 1. The minimum absolute atomic E-state index is 0.290. The number of aromatic nitrogens is 1. The molecule has 0 fully saturated rings. The third-order valence-electron chi connectivity index (χ3n) is 4.23. The third kappa shape index (κ3) is 5.27. The molecule has 9 heteroatoms. The first kappa shape index (κ1) is 20.7. The average molecular weight is 419 g/mol. The van der Waals surface area contributed by atoms with Gasteiger partial charge < -0.3 is 23.5 Å². The van der Waals surface area contributed by atoms with Gasteiger partial charge in [-0.2, -0.15) is 0 Å². The smallest absolute Gasteiger partial charge is 0.231 e. The van der Waals surface area contributed by atoms with Crippen LogP contribution in [0, 0.1) is 0 Å². The molecule has 1 aliphatic rings. The number of aromatic amines is 1. The molecule has 0 unspecified atom stereocenters. The molecule has 0 aliphatic carbocycles. The summed E-state index contributed by atoms with van der Waals surface area (Å²) in [6.07, 6.45) is 5.35. The Morgan fingerprint density at radius 2 is 1.69 bits per heavy atom. The summed E-state index contributed by atoms with van der Waals surface area (Å²) in [5.41, 5.74) is 2.34. The van der Waals surface area contributed by atoms with Gasteiger partial charge in [0, 0.05) is 29.0 Å². The highest BCUT2D eigenvalue weighted by Crippen LogP contribution is 2.35. The molecule has 0 saturated carbocycles. The Bertz CT molecular complexity index is 1120. The maximum Gasteiger partial charge on any atom is 0.231 e. The number of benzene rings is 2. The van der Waals surface area contributed by atoms with Gasteiger partial charge in [0.2, 0.25) is 6.79 Å². The van der Waals surface area contributed by atoms with Crippen molar-refractivity contribution in [3.05, 3.63) is 53.9 Å². The van der Waals surface area contributed by atoms with Gasteiger partial charge in [-0.05, 0) is 29.8 Å². The van der Waals surface area contributed by atoms with Crippen molar-refractivity contribution in [1.82, 2.24) is 0 Å². The molecule has 8 nitrogen and oxygen atoms in total. The summed E-state index contributed by atoms with van der Waals surface area (Å²) in [6, 6.07) is 10.0. The lowest BCUT2D eigenvalue weighted by Gasteiger charge is -2.10. The molecule has 1 aliphatic heterocycles. The van der Waals surface area contributed by atoms with Crippen LogP contribution in [0.4, 0.5) is 0 Å². The largest absolute Gasteiger partial charge is 0.748 e. The van der Waals surface area contributed by atoms with E-state index >= 15 is 0 Å². The van der Waals surface area contributed by atoms with Crippen LogP contribution in [-0.2, 0) is 16.5 Å². The molecule has 0 bridgehead atoms. The molecule has 0 saturated heterocycles. The average Bonchev–Trinajstić information content (AvgIpc) is 3.13. The van der Waals surface area contributed by atoms with Crippen molar-refractivity contribution >= 4 is 20.9 Å². The number of H-pyrrole nitrogens is 1. The summed E-state index contributed by atoms with van der Waals surface area (Å²) in [5.74, 6) is 3.05. The number of hydrogen-bond acceptors (Lipinski definition) is 7. The quantitative estimate of drug-likeness (QED) is 0.596. The van der Waals surface area contributed by atoms with E-state index in [1.54, 1.807) is 14.2 Å². The zero-order valence-corrected chi connectivity index (χ0v) is 17.0. The van der Waals surface area contributed by atoms with Gasteiger partial charge in [0.25, 0.3) is 0 Å². The van der Waals surface area contributed by atoms with E-state index in [1.165, 1.54) is 5.56 Å². The maximum atomic E-state index is 9.08. The highest BCUT2D eigenvalue weighted by Gasteiger charge is 2.16. The predicted molar refractivity (Wildman–Crippen MR) is 105 cm³/mol. The number of methoxy groups -OCH3 is 2. The van der Waals surface area contributed by atoms with Crippen LogP contribution in [0.3, 0.4) is 0 Å². The van der Waals surface area contributed by atoms with Gasteiger partial charge in [0.15, 0.2) is 35.4 Å². The fourth-order valence-corrected chi connectivity index (χ4v) is 3.02. The van der Waals surface area contributed by atoms with Crippen LogP contribution in [0.2, 0.25) is 0 Å². The van der Waals surface area contributed by atoms with E-state index in [2.05, 4.69) is 11.1 Å². The Kier molecular flexibility index (Phi) is 6.09. The molecule has 0 radical (unpaired) electrons. The van der Waals surface area contributed by atoms with E-state index in [4.69, 9.17) is 31.9 Å². The molecule has 0 atom stereocenters. The molecule has 154 valence electrons. The summed E-state index contributed by atoms with van der Waals surface area (Å²) in [6.45, 7) is 0.290. The highest BCUT2D eigenvalue weighted by atomic mass is 32.2. The molecular weight excluding hydrogens is 398 g/mol. The molecular formula is C20H21NO7S. The second-order valence-electron chi connectivity index (χ2n) is 6.34. The van der Waals surface area contributed by atoms with Crippen molar-refractivity contribution in [1.29, 1.82) is 0 Å². The molecule has 0 amide bonds. The van der Waals surface area contributed by atoms with Gasteiger partial charge in [-0.15, -0.1) is 0 Å². The van der Waals surface area contributed by atoms with Gasteiger partial charge in [-0.3, -0.25) is 0 Å². The van der Waals surface area contributed by atoms with Crippen molar-refractivity contribution in [2.75, 3.05) is 27.3 Å². The van der Waals surface area contributed by atoms with Crippen molar-refractivity contribution < 1.29 is 36.9 Å². The number of fused-ring (bicyclic) bond motifs is 2. The summed E-state index contributed by atoms with van der Waals surface area (Å²) >= 11 is 0. The Hall–Kier alpha value is -3.04. The molecule has 3 aromatic rings. The third-order valence-corrected chi connectivity index (χ3v) is 4.23. The van der Waals surface area contributed by atoms with Gasteiger partial charge in [0.05, 0.1) is 24.3 Å². The number of hydrogen-bond donors (Lipinski definition) is 0. The van der Waals surface area contributed by atoms with Crippen molar-refractivity contribution in [3.8, 4) is 23.0 Å². The first-order chi connectivity index (χ1) is 13.8. The zero-order valence-electron chi connectivity index (χ0n) is 16.2. The van der Waals surface area contributed by atoms with Crippen LogP contribution < -0.4 is 23.9 Å². The number of ether oxygens (including phenoxy) is 4.